The predicted molar refractivity (Wildman–Crippen MR) is 127 cm³/mol. The largest absolute Gasteiger partial charge is 0.506 e. The molecule has 6 nitrogen and oxygen atoms in total. The highest BCUT2D eigenvalue weighted by Crippen LogP contribution is 2.51. The molecule has 0 bridgehead atoms. The van der Waals surface area contributed by atoms with E-state index in [2.05, 4.69) is 0 Å². The van der Waals surface area contributed by atoms with Crippen LogP contribution in [0.3, 0.4) is 0 Å². The molecule has 2 heterocycles. The molecule has 0 unspecified atom stereocenters. The number of anilines is 2. The predicted octanol–water partition coefficient (Wildman–Crippen LogP) is 5.37. The number of carbonyl (C=O) groups excluding carboxylic acids is 2. The van der Waals surface area contributed by atoms with Crippen LogP contribution >= 0.6 is 23.2 Å². The Morgan fingerprint density at radius 3 is 2.36 bits per heavy atom. The van der Waals surface area contributed by atoms with Gasteiger partial charge in [0.2, 0.25) is 5.91 Å². The molecule has 3 aromatic carbocycles. The van der Waals surface area contributed by atoms with Gasteiger partial charge in [-0.25, -0.2) is 9.96 Å². The molecule has 33 heavy (non-hydrogen) atoms. The number of hydroxylamine groups is 1. The number of hydrogen-bond acceptors (Lipinski definition) is 5. The zero-order valence-corrected chi connectivity index (χ0v) is 19.3. The van der Waals surface area contributed by atoms with Gasteiger partial charge in [0.25, 0.3) is 5.91 Å². The Morgan fingerprint density at radius 2 is 1.67 bits per heavy atom. The Bertz CT molecular complexity index is 1280. The number of phenols is 1. The number of amides is 2. The van der Waals surface area contributed by atoms with Gasteiger partial charge < -0.3 is 5.11 Å². The van der Waals surface area contributed by atoms with E-state index in [9.17, 15) is 14.7 Å². The Kier molecular flexibility index (Phi) is 5.32. The minimum atomic E-state index is -1.06. The normalized spacial score (nSPS) is 22.2. The lowest BCUT2D eigenvalue weighted by Gasteiger charge is -2.29. The summed E-state index contributed by atoms with van der Waals surface area (Å²) in [5.74, 6) is -1.97. The lowest BCUT2D eigenvalue weighted by Crippen LogP contribution is -2.37. The summed E-state index contributed by atoms with van der Waals surface area (Å²) in [5.41, 5.74) is 3.30. The quantitative estimate of drug-likeness (QED) is 0.508. The number of rotatable bonds is 3. The minimum absolute atomic E-state index is 0.0527. The van der Waals surface area contributed by atoms with E-state index in [4.69, 9.17) is 28.0 Å². The first-order valence-electron chi connectivity index (χ1n) is 10.4. The highest BCUT2D eigenvalue weighted by molar-refractivity contribution is 6.35. The molecule has 1 N–H and O–H groups in total. The Morgan fingerprint density at radius 1 is 0.939 bits per heavy atom. The van der Waals surface area contributed by atoms with Crippen LogP contribution in [0.2, 0.25) is 10.0 Å². The molecule has 2 saturated heterocycles. The van der Waals surface area contributed by atoms with E-state index in [1.807, 2.05) is 44.2 Å². The van der Waals surface area contributed by atoms with Gasteiger partial charge in [-0.2, -0.15) is 0 Å². The fraction of sp³-hybridized carbons (Fsp3) is 0.200. The number of halogens is 2. The Labute approximate surface area is 200 Å². The lowest BCUT2D eigenvalue weighted by atomic mass is 9.90. The smallest absolute Gasteiger partial charge is 0.266 e. The van der Waals surface area contributed by atoms with Gasteiger partial charge in [-0.3, -0.25) is 14.4 Å². The van der Waals surface area contributed by atoms with Crippen molar-refractivity contribution in [2.24, 2.45) is 5.92 Å². The topological polar surface area (TPSA) is 70.1 Å². The van der Waals surface area contributed by atoms with Gasteiger partial charge in [0.1, 0.15) is 11.7 Å². The van der Waals surface area contributed by atoms with Crippen LogP contribution in [0.4, 0.5) is 11.4 Å². The molecule has 0 radical (unpaired) electrons. The van der Waals surface area contributed by atoms with Crippen molar-refractivity contribution in [2.45, 2.75) is 26.0 Å². The monoisotopic (exact) mass is 482 g/mol. The van der Waals surface area contributed by atoms with Crippen molar-refractivity contribution in [2.75, 3.05) is 9.96 Å². The molecule has 8 heteroatoms. The van der Waals surface area contributed by atoms with Crippen molar-refractivity contribution in [1.29, 1.82) is 0 Å². The first-order valence-corrected chi connectivity index (χ1v) is 11.2. The number of nitrogens with zero attached hydrogens (tertiary/aromatic N) is 2. The molecule has 0 aromatic heterocycles. The van der Waals surface area contributed by atoms with Gasteiger partial charge >= 0.3 is 0 Å². The van der Waals surface area contributed by atoms with Gasteiger partial charge in [-0.1, -0.05) is 59.1 Å². The van der Waals surface area contributed by atoms with Crippen LogP contribution in [0.15, 0.2) is 60.7 Å². The summed E-state index contributed by atoms with van der Waals surface area (Å²) in [6, 6.07) is 16.8. The number of aromatic hydroxyl groups is 1. The number of imide groups is 1. The van der Waals surface area contributed by atoms with Crippen LogP contribution < -0.4 is 9.96 Å². The SMILES string of the molecule is Cc1ccc(N2C(=O)[C@@H]3[C@@H](c4cc(Cl)cc(Cl)c4O)N(c4ccccc4)O[C@H]3C2=O)c(C)c1. The summed E-state index contributed by atoms with van der Waals surface area (Å²) in [6.45, 7) is 3.80. The second kappa shape index (κ2) is 8.06. The Balaban J connectivity index is 1.65. The van der Waals surface area contributed by atoms with Gasteiger partial charge in [0, 0.05) is 10.6 Å². The Hall–Kier alpha value is -3.06. The molecule has 0 aliphatic carbocycles. The third-order valence-electron chi connectivity index (χ3n) is 6.10. The van der Waals surface area contributed by atoms with Crippen molar-refractivity contribution in [1.82, 2.24) is 0 Å². The second-order valence-electron chi connectivity index (χ2n) is 8.29. The molecule has 0 saturated carbocycles. The van der Waals surface area contributed by atoms with Crippen molar-refractivity contribution in [3.63, 3.8) is 0 Å². The molecular formula is C25H20Cl2N2O4. The van der Waals surface area contributed by atoms with Crippen LogP contribution in [0.25, 0.3) is 0 Å². The van der Waals surface area contributed by atoms with Gasteiger partial charge in [-0.05, 0) is 49.7 Å². The van der Waals surface area contributed by atoms with Crippen molar-refractivity contribution in [3.05, 3.63) is 87.4 Å². The number of aryl methyl sites for hydroxylation is 2. The molecule has 3 aromatic rings. The van der Waals surface area contributed by atoms with Gasteiger partial charge in [0.15, 0.2) is 6.10 Å². The molecule has 168 valence electrons. The number of hydrogen-bond donors (Lipinski definition) is 1. The number of para-hydroxylation sites is 1. The third kappa shape index (κ3) is 3.46. The van der Waals surface area contributed by atoms with Gasteiger partial charge in [-0.15, -0.1) is 0 Å². The van der Waals surface area contributed by atoms with Crippen LogP contribution in [0, 0.1) is 19.8 Å². The number of carbonyl (C=O) groups is 2. The summed E-state index contributed by atoms with van der Waals surface area (Å²) >= 11 is 12.4. The number of phenolic OH excluding ortho intramolecular Hbond substituents is 1. The molecule has 2 amide bonds. The van der Waals surface area contributed by atoms with E-state index in [0.29, 0.717) is 22.0 Å². The van der Waals surface area contributed by atoms with Crippen LogP contribution in [0.5, 0.6) is 5.75 Å². The van der Waals surface area contributed by atoms with Crippen molar-refractivity contribution >= 4 is 46.4 Å². The third-order valence-corrected chi connectivity index (χ3v) is 6.60. The first-order chi connectivity index (χ1) is 15.8. The molecule has 5 rings (SSSR count). The average molecular weight is 483 g/mol. The van der Waals surface area contributed by atoms with E-state index < -0.39 is 29.9 Å². The second-order valence-corrected chi connectivity index (χ2v) is 9.13. The maximum atomic E-state index is 13.7. The maximum absolute atomic E-state index is 13.7. The number of benzene rings is 3. The zero-order valence-electron chi connectivity index (χ0n) is 17.8. The highest BCUT2D eigenvalue weighted by atomic mass is 35.5. The average Bonchev–Trinajstić information content (AvgIpc) is 3.28. The summed E-state index contributed by atoms with van der Waals surface area (Å²) in [6.07, 6.45) is -1.06. The van der Waals surface area contributed by atoms with Crippen LogP contribution in [-0.4, -0.2) is 23.0 Å². The maximum Gasteiger partial charge on any atom is 0.266 e. The molecule has 0 spiro atoms. The first kappa shape index (κ1) is 21.8. The van der Waals surface area contributed by atoms with E-state index in [0.717, 1.165) is 11.1 Å². The van der Waals surface area contributed by atoms with E-state index >= 15 is 0 Å². The van der Waals surface area contributed by atoms with Crippen molar-refractivity contribution in [3.8, 4) is 5.75 Å². The molecule has 3 atom stereocenters. The molecule has 2 fully saturated rings. The van der Waals surface area contributed by atoms with Crippen LogP contribution in [-0.2, 0) is 14.4 Å². The molecule has 2 aliphatic rings. The summed E-state index contributed by atoms with van der Waals surface area (Å²) in [7, 11) is 0. The molecular weight excluding hydrogens is 463 g/mol. The van der Waals surface area contributed by atoms with Crippen molar-refractivity contribution < 1.29 is 19.5 Å². The van der Waals surface area contributed by atoms with Crippen LogP contribution in [0.1, 0.15) is 22.7 Å². The minimum Gasteiger partial charge on any atom is -0.506 e. The summed E-state index contributed by atoms with van der Waals surface area (Å²) in [5, 5.41) is 12.6. The highest BCUT2D eigenvalue weighted by Gasteiger charge is 2.61. The summed E-state index contributed by atoms with van der Waals surface area (Å²) in [4.78, 5) is 34.5. The lowest BCUT2D eigenvalue weighted by molar-refractivity contribution is -0.126. The molecule has 2 aliphatic heterocycles. The summed E-state index contributed by atoms with van der Waals surface area (Å²) < 4.78 is 0. The zero-order chi connectivity index (χ0) is 23.4. The standard InChI is InChI=1S/C25H20Cl2N2O4/c1-13-8-9-19(14(2)10-13)28-24(31)20-21(17-11-15(26)12-18(27)22(17)30)29(33-23(20)25(28)32)16-6-4-3-5-7-16/h3-12,20-21,23,30H,1-2H3/t20-,21-,23-/m1/s1. The van der Waals surface area contributed by atoms with E-state index in [1.54, 1.807) is 24.3 Å². The van der Waals surface area contributed by atoms with Gasteiger partial charge in [0.05, 0.1) is 22.4 Å². The van der Waals surface area contributed by atoms with E-state index in [1.165, 1.54) is 16.0 Å². The van der Waals surface area contributed by atoms with E-state index in [-0.39, 0.29) is 10.8 Å². The number of fused-ring (bicyclic) bond motifs is 1. The fourth-order valence-electron chi connectivity index (χ4n) is 4.63. The fourth-order valence-corrected chi connectivity index (χ4v) is 5.14.